The van der Waals surface area contributed by atoms with E-state index in [1.165, 1.54) is 0 Å². The van der Waals surface area contributed by atoms with Crippen LogP contribution in [0.2, 0.25) is 0 Å². The number of hydrogen-bond donors (Lipinski definition) is 2. The molecule has 0 bridgehead atoms. The van der Waals surface area contributed by atoms with Crippen LogP contribution in [0.4, 0.5) is 0 Å². The van der Waals surface area contributed by atoms with Crippen LogP contribution in [-0.4, -0.2) is 25.5 Å². The molecule has 0 aromatic rings. The van der Waals surface area contributed by atoms with Gasteiger partial charge >= 0.3 is 0 Å². The van der Waals surface area contributed by atoms with Crippen LogP contribution in [0.15, 0.2) is 11.1 Å². The second-order valence-electron chi connectivity index (χ2n) is 2.67. The Morgan fingerprint density at radius 2 is 2.42 bits per heavy atom. The van der Waals surface area contributed by atoms with Gasteiger partial charge in [-0.3, -0.25) is 4.79 Å². The molecule has 1 amide bonds. The fourth-order valence-electron chi connectivity index (χ4n) is 0.928. The van der Waals surface area contributed by atoms with Crippen molar-refractivity contribution in [3.8, 4) is 6.07 Å². The molecule has 0 atom stereocenters. The third-order valence-electron chi connectivity index (χ3n) is 1.88. The Kier molecular flexibility index (Phi) is 2.83. The number of hydrogen-bond acceptors (Lipinski definition) is 3. The van der Waals surface area contributed by atoms with E-state index in [0.29, 0.717) is 0 Å². The molecule has 0 radical (unpaired) electrons. The molecule has 1 heterocycles. The fourth-order valence-corrected chi connectivity index (χ4v) is 0.928. The molecule has 1 aliphatic heterocycles. The minimum Gasteiger partial charge on any atom is -0.339 e. The van der Waals surface area contributed by atoms with Gasteiger partial charge in [0, 0.05) is 18.7 Å². The first kappa shape index (κ1) is 8.75. The van der Waals surface area contributed by atoms with Crippen molar-refractivity contribution in [2.24, 2.45) is 0 Å². The second kappa shape index (κ2) is 3.88. The molecule has 0 aliphatic carbocycles. The van der Waals surface area contributed by atoms with Crippen LogP contribution in [0, 0.1) is 11.3 Å². The zero-order chi connectivity index (χ0) is 8.97. The van der Waals surface area contributed by atoms with E-state index < -0.39 is 0 Å². The predicted molar refractivity (Wildman–Crippen MR) is 44.2 cm³/mol. The van der Waals surface area contributed by atoms with E-state index in [1.807, 2.05) is 6.07 Å². The molecular weight excluding hydrogens is 154 g/mol. The Balaban J connectivity index is 2.47. The standard InChI is InChI=1S/C8H11N3O/c1-6(7-4-10-5-7)8(12)11-3-2-9/h10H,3-5H2,1H3,(H,11,12). The maximum atomic E-state index is 11.2. The van der Waals surface area contributed by atoms with E-state index in [0.717, 1.165) is 24.2 Å². The van der Waals surface area contributed by atoms with Crippen molar-refractivity contribution in [1.29, 1.82) is 5.26 Å². The third kappa shape index (κ3) is 1.83. The van der Waals surface area contributed by atoms with Crippen molar-refractivity contribution >= 4 is 5.91 Å². The largest absolute Gasteiger partial charge is 0.339 e. The number of nitrogens with zero attached hydrogens (tertiary/aromatic N) is 1. The van der Waals surface area contributed by atoms with Gasteiger partial charge in [-0.25, -0.2) is 0 Å². The molecule has 1 fully saturated rings. The summed E-state index contributed by atoms with van der Waals surface area (Å²) in [5.41, 5.74) is 1.87. The first-order valence-corrected chi connectivity index (χ1v) is 3.80. The Labute approximate surface area is 71.3 Å². The van der Waals surface area contributed by atoms with Gasteiger partial charge in [-0.15, -0.1) is 0 Å². The third-order valence-corrected chi connectivity index (χ3v) is 1.88. The normalized spacial score (nSPS) is 14.5. The smallest absolute Gasteiger partial charge is 0.247 e. The molecular formula is C8H11N3O. The summed E-state index contributed by atoms with van der Waals surface area (Å²) in [6.45, 7) is 3.46. The zero-order valence-corrected chi connectivity index (χ0v) is 6.98. The van der Waals surface area contributed by atoms with Gasteiger partial charge in [-0.05, 0) is 12.5 Å². The SMILES string of the molecule is CC(C(=O)NCC#N)=C1CNC1. The summed E-state index contributed by atoms with van der Waals surface area (Å²) in [5.74, 6) is -0.131. The van der Waals surface area contributed by atoms with Crippen LogP contribution < -0.4 is 10.6 Å². The highest BCUT2D eigenvalue weighted by Gasteiger charge is 2.15. The number of nitriles is 1. The van der Waals surface area contributed by atoms with Crippen molar-refractivity contribution in [3.05, 3.63) is 11.1 Å². The van der Waals surface area contributed by atoms with E-state index >= 15 is 0 Å². The monoisotopic (exact) mass is 165 g/mol. The van der Waals surface area contributed by atoms with Gasteiger partial charge in [0.25, 0.3) is 0 Å². The number of rotatable bonds is 2. The molecule has 0 aromatic heterocycles. The lowest BCUT2D eigenvalue weighted by molar-refractivity contribution is -0.117. The van der Waals surface area contributed by atoms with Crippen LogP contribution in [0.1, 0.15) is 6.92 Å². The molecule has 0 aromatic carbocycles. The summed E-state index contributed by atoms with van der Waals surface area (Å²) in [5, 5.41) is 13.8. The summed E-state index contributed by atoms with van der Waals surface area (Å²) in [4.78, 5) is 11.2. The number of amides is 1. The van der Waals surface area contributed by atoms with E-state index in [1.54, 1.807) is 6.92 Å². The molecule has 2 N–H and O–H groups in total. The van der Waals surface area contributed by atoms with Gasteiger partial charge < -0.3 is 10.6 Å². The summed E-state index contributed by atoms with van der Waals surface area (Å²) in [6, 6.07) is 1.86. The van der Waals surface area contributed by atoms with Crippen LogP contribution in [0.25, 0.3) is 0 Å². The predicted octanol–water partition coefficient (Wildman–Crippen LogP) is -0.454. The average molecular weight is 165 g/mol. The highest BCUT2D eigenvalue weighted by Crippen LogP contribution is 2.07. The fraction of sp³-hybridized carbons (Fsp3) is 0.500. The van der Waals surface area contributed by atoms with Gasteiger partial charge in [-0.1, -0.05) is 0 Å². The zero-order valence-electron chi connectivity index (χ0n) is 6.98. The number of carbonyl (C=O) groups excluding carboxylic acids is 1. The van der Waals surface area contributed by atoms with Crippen molar-refractivity contribution in [2.75, 3.05) is 19.6 Å². The molecule has 64 valence electrons. The Bertz CT molecular complexity index is 256. The van der Waals surface area contributed by atoms with E-state index in [-0.39, 0.29) is 12.5 Å². The lowest BCUT2D eigenvalue weighted by atomic mass is 10.0. The first-order valence-electron chi connectivity index (χ1n) is 3.80. The quantitative estimate of drug-likeness (QED) is 0.430. The molecule has 0 spiro atoms. The van der Waals surface area contributed by atoms with Crippen molar-refractivity contribution in [3.63, 3.8) is 0 Å². The maximum Gasteiger partial charge on any atom is 0.247 e. The van der Waals surface area contributed by atoms with Crippen molar-refractivity contribution in [2.45, 2.75) is 6.92 Å². The van der Waals surface area contributed by atoms with Gasteiger partial charge in [0.15, 0.2) is 0 Å². The topological polar surface area (TPSA) is 64.9 Å². The molecule has 1 aliphatic rings. The summed E-state index contributed by atoms with van der Waals surface area (Å²) < 4.78 is 0. The highest BCUT2D eigenvalue weighted by molar-refractivity contribution is 5.94. The molecule has 0 saturated carbocycles. The van der Waals surface area contributed by atoms with Crippen LogP contribution in [0.3, 0.4) is 0 Å². The van der Waals surface area contributed by atoms with Crippen molar-refractivity contribution < 1.29 is 4.79 Å². The molecule has 4 heteroatoms. The van der Waals surface area contributed by atoms with Crippen LogP contribution in [-0.2, 0) is 4.79 Å². The highest BCUT2D eigenvalue weighted by atomic mass is 16.1. The molecule has 0 unspecified atom stereocenters. The molecule has 1 saturated heterocycles. The maximum absolute atomic E-state index is 11.2. The Hall–Kier alpha value is -1.34. The lowest BCUT2D eigenvalue weighted by Gasteiger charge is -2.21. The van der Waals surface area contributed by atoms with Gasteiger partial charge in [0.1, 0.15) is 6.54 Å². The number of carbonyl (C=O) groups is 1. The van der Waals surface area contributed by atoms with Crippen LogP contribution >= 0.6 is 0 Å². The van der Waals surface area contributed by atoms with Crippen molar-refractivity contribution in [1.82, 2.24) is 10.6 Å². The van der Waals surface area contributed by atoms with Gasteiger partial charge in [-0.2, -0.15) is 5.26 Å². The lowest BCUT2D eigenvalue weighted by Crippen LogP contribution is -2.37. The molecule has 12 heavy (non-hydrogen) atoms. The van der Waals surface area contributed by atoms with Gasteiger partial charge in [0.05, 0.1) is 6.07 Å². The van der Waals surface area contributed by atoms with Crippen LogP contribution in [0.5, 0.6) is 0 Å². The van der Waals surface area contributed by atoms with E-state index in [2.05, 4.69) is 10.6 Å². The summed E-state index contributed by atoms with van der Waals surface area (Å²) in [6.07, 6.45) is 0. The molecule has 1 rings (SSSR count). The summed E-state index contributed by atoms with van der Waals surface area (Å²) in [7, 11) is 0. The average Bonchev–Trinajstić information content (AvgIpc) is 1.96. The Morgan fingerprint density at radius 1 is 1.75 bits per heavy atom. The minimum absolute atomic E-state index is 0.0802. The van der Waals surface area contributed by atoms with E-state index in [9.17, 15) is 4.79 Å². The first-order chi connectivity index (χ1) is 5.75. The molecule has 4 nitrogen and oxygen atoms in total. The second-order valence-corrected chi connectivity index (χ2v) is 2.67. The minimum atomic E-state index is -0.131. The van der Waals surface area contributed by atoms with Gasteiger partial charge in [0.2, 0.25) is 5.91 Å². The summed E-state index contributed by atoms with van der Waals surface area (Å²) >= 11 is 0. The number of nitrogens with one attached hydrogen (secondary N) is 2. The van der Waals surface area contributed by atoms with E-state index in [4.69, 9.17) is 5.26 Å². The Morgan fingerprint density at radius 3 is 2.83 bits per heavy atom.